The van der Waals surface area contributed by atoms with Crippen molar-refractivity contribution >= 4 is 35.9 Å². The van der Waals surface area contributed by atoms with Gasteiger partial charge in [0.15, 0.2) is 0 Å². The molecular weight excluding hydrogens is 230 g/mol. The summed E-state index contributed by atoms with van der Waals surface area (Å²) in [6, 6.07) is 0.0806. The zero-order chi connectivity index (χ0) is 11.6. The van der Waals surface area contributed by atoms with E-state index in [9.17, 15) is 4.79 Å². The quantitative estimate of drug-likeness (QED) is 0.610. The largest absolute Gasteiger partial charge is 0.468 e. The van der Waals surface area contributed by atoms with Gasteiger partial charge in [-0.25, -0.2) is 0 Å². The van der Waals surface area contributed by atoms with Crippen molar-refractivity contribution in [1.29, 1.82) is 0 Å². The summed E-state index contributed by atoms with van der Waals surface area (Å²) in [5.74, 6) is 0.364. The van der Waals surface area contributed by atoms with Crippen LogP contribution in [0.25, 0.3) is 0 Å². The molecule has 1 fully saturated rings. The number of rotatable bonds is 3. The summed E-state index contributed by atoms with van der Waals surface area (Å²) in [4.78, 5) is 13.5. The summed E-state index contributed by atoms with van der Waals surface area (Å²) < 4.78 is 5.25. The van der Waals surface area contributed by atoms with Crippen molar-refractivity contribution in [2.45, 2.75) is 38.5 Å². The second kappa shape index (κ2) is 5.16. The molecule has 0 radical (unpaired) electrons. The van der Waals surface area contributed by atoms with Crippen LogP contribution >= 0.6 is 24.8 Å². The summed E-state index contributed by atoms with van der Waals surface area (Å²) >= 11 is 9.23. The molecule has 3 nitrogen and oxygen atoms in total. The number of thiol groups is 1. The Kier molecular flexibility index (Phi) is 4.40. The third-order valence-electron chi connectivity index (χ3n) is 2.41. The SMILES string of the molecule is CC(C)[C@H]1COC(=S)N1C(=O)C[C@@H](C)S. The van der Waals surface area contributed by atoms with Crippen molar-refractivity contribution in [2.75, 3.05) is 6.61 Å². The first kappa shape index (κ1) is 12.8. The van der Waals surface area contributed by atoms with Gasteiger partial charge < -0.3 is 4.74 Å². The maximum atomic E-state index is 11.9. The Balaban J connectivity index is 2.71. The molecule has 0 bridgehead atoms. The van der Waals surface area contributed by atoms with Gasteiger partial charge in [-0.1, -0.05) is 20.8 Å². The van der Waals surface area contributed by atoms with E-state index in [2.05, 4.69) is 26.5 Å². The zero-order valence-electron chi connectivity index (χ0n) is 9.27. The smallest absolute Gasteiger partial charge is 0.266 e. The Labute approximate surface area is 102 Å². The number of ether oxygens (including phenoxy) is 1. The number of hydrogen-bond acceptors (Lipinski definition) is 4. The van der Waals surface area contributed by atoms with Gasteiger partial charge in [-0.15, -0.1) is 0 Å². The van der Waals surface area contributed by atoms with Gasteiger partial charge in [0.05, 0.1) is 6.04 Å². The predicted octanol–water partition coefficient (Wildman–Crippen LogP) is 1.86. The van der Waals surface area contributed by atoms with Crippen LogP contribution in [0.4, 0.5) is 0 Å². The molecule has 0 aliphatic carbocycles. The highest BCUT2D eigenvalue weighted by Gasteiger charge is 2.36. The lowest BCUT2D eigenvalue weighted by Gasteiger charge is -2.24. The molecule has 1 heterocycles. The lowest BCUT2D eigenvalue weighted by atomic mass is 10.0. The number of hydrogen-bond donors (Lipinski definition) is 1. The molecule has 1 amide bonds. The number of nitrogens with zero attached hydrogens (tertiary/aromatic N) is 1. The highest BCUT2D eigenvalue weighted by molar-refractivity contribution is 7.81. The Morgan fingerprint density at radius 1 is 1.67 bits per heavy atom. The number of carbonyl (C=O) groups excluding carboxylic acids is 1. The molecule has 0 unspecified atom stereocenters. The van der Waals surface area contributed by atoms with E-state index in [0.29, 0.717) is 24.1 Å². The Bertz CT molecular complexity index is 266. The molecule has 5 heteroatoms. The Hall–Kier alpha value is -0.290. The molecule has 0 spiro atoms. The second-order valence-electron chi connectivity index (χ2n) is 4.21. The fourth-order valence-corrected chi connectivity index (χ4v) is 2.03. The highest BCUT2D eigenvalue weighted by atomic mass is 32.1. The van der Waals surface area contributed by atoms with Crippen LogP contribution in [-0.2, 0) is 9.53 Å². The summed E-state index contributed by atoms with van der Waals surface area (Å²) in [6.45, 7) is 6.54. The number of thiocarbonyl (C=S) groups is 1. The minimum atomic E-state index is 0.0127. The molecule has 2 atom stereocenters. The van der Waals surface area contributed by atoms with E-state index in [1.807, 2.05) is 6.92 Å². The van der Waals surface area contributed by atoms with Crippen LogP contribution < -0.4 is 0 Å². The number of carbonyl (C=O) groups is 1. The van der Waals surface area contributed by atoms with E-state index in [4.69, 9.17) is 17.0 Å². The molecule has 1 aliphatic rings. The maximum absolute atomic E-state index is 11.9. The van der Waals surface area contributed by atoms with Crippen LogP contribution in [0.2, 0.25) is 0 Å². The Morgan fingerprint density at radius 3 is 2.73 bits per heavy atom. The van der Waals surface area contributed by atoms with Gasteiger partial charge in [0.2, 0.25) is 5.91 Å². The van der Waals surface area contributed by atoms with Crippen molar-refractivity contribution in [3.8, 4) is 0 Å². The lowest BCUT2D eigenvalue weighted by molar-refractivity contribution is -0.128. The van der Waals surface area contributed by atoms with Crippen molar-refractivity contribution < 1.29 is 9.53 Å². The highest BCUT2D eigenvalue weighted by Crippen LogP contribution is 2.21. The van der Waals surface area contributed by atoms with Gasteiger partial charge in [-0.05, 0) is 18.1 Å². The normalized spacial score (nSPS) is 23.1. The third kappa shape index (κ3) is 3.08. The van der Waals surface area contributed by atoms with Gasteiger partial charge in [0.1, 0.15) is 6.61 Å². The van der Waals surface area contributed by atoms with E-state index < -0.39 is 0 Å². The average Bonchev–Trinajstić information content (AvgIpc) is 2.45. The van der Waals surface area contributed by atoms with Crippen LogP contribution in [0.3, 0.4) is 0 Å². The van der Waals surface area contributed by atoms with E-state index >= 15 is 0 Å². The zero-order valence-corrected chi connectivity index (χ0v) is 11.0. The first-order chi connectivity index (χ1) is 6.93. The van der Waals surface area contributed by atoms with E-state index in [1.54, 1.807) is 4.90 Å². The average molecular weight is 247 g/mol. The summed E-state index contributed by atoms with van der Waals surface area (Å²) in [7, 11) is 0. The molecule has 1 aliphatic heterocycles. The van der Waals surface area contributed by atoms with Crippen molar-refractivity contribution in [3.05, 3.63) is 0 Å². The van der Waals surface area contributed by atoms with Gasteiger partial charge in [0.25, 0.3) is 5.17 Å². The van der Waals surface area contributed by atoms with E-state index in [1.165, 1.54) is 0 Å². The minimum Gasteiger partial charge on any atom is -0.468 e. The van der Waals surface area contributed by atoms with Crippen molar-refractivity contribution in [1.82, 2.24) is 4.90 Å². The topological polar surface area (TPSA) is 29.5 Å². The molecule has 15 heavy (non-hydrogen) atoms. The molecule has 0 aromatic carbocycles. The molecule has 0 aromatic heterocycles. The monoisotopic (exact) mass is 247 g/mol. The first-order valence-corrected chi connectivity index (χ1v) is 6.02. The summed E-state index contributed by atoms with van der Waals surface area (Å²) in [5, 5.41) is 0.362. The van der Waals surface area contributed by atoms with E-state index in [0.717, 1.165) is 0 Å². The molecule has 0 aromatic rings. The van der Waals surface area contributed by atoms with Gasteiger partial charge in [0, 0.05) is 11.7 Å². The minimum absolute atomic E-state index is 0.0127. The predicted molar refractivity (Wildman–Crippen MR) is 67.1 cm³/mol. The van der Waals surface area contributed by atoms with Crippen molar-refractivity contribution in [3.63, 3.8) is 0 Å². The molecule has 1 rings (SSSR count). The first-order valence-electron chi connectivity index (χ1n) is 5.10. The lowest BCUT2D eigenvalue weighted by Crippen LogP contribution is -2.42. The molecule has 0 N–H and O–H groups in total. The summed E-state index contributed by atoms with van der Waals surface area (Å²) in [5.41, 5.74) is 0. The molecule has 0 saturated carbocycles. The molecular formula is C10H17NO2S2. The Morgan fingerprint density at radius 2 is 2.27 bits per heavy atom. The van der Waals surface area contributed by atoms with Crippen LogP contribution in [0.5, 0.6) is 0 Å². The van der Waals surface area contributed by atoms with Crippen LogP contribution in [0.1, 0.15) is 27.2 Å². The van der Waals surface area contributed by atoms with Crippen LogP contribution in [-0.4, -0.2) is 33.9 Å². The van der Waals surface area contributed by atoms with Gasteiger partial charge >= 0.3 is 0 Å². The molecule has 1 saturated heterocycles. The standard InChI is InChI=1S/C10H17NO2S2/c1-6(2)8-5-13-10(15)11(8)9(12)4-7(3)14/h6-8,14H,4-5H2,1-3H3/t7-,8-/m1/s1. The van der Waals surface area contributed by atoms with Gasteiger partial charge in [-0.3, -0.25) is 9.69 Å². The van der Waals surface area contributed by atoms with E-state index in [-0.39, 0.29) is 17.2 Å². The third-order valence-corrected chi connectivity index (χ3v) is 2.91. The van der Waals surface area contributed by atoms with Crippen LogP contribution in [0, 0.1) is 5.92 Å². The van der Waals surface area contributed by atoms with Crippen molar-refractivity contribution in [2.24, 2.45) is 5.92 Å². The van der Waals surface area contributed by atoms with Crippen LogP contribution in [0.15, 0.2) is 0 Å². The summed E-state index contributed by atoms with van der Waals surface area (Å²) in [6.07, 6.45) is 0.399. The van der Waals surface area contributed by atoms with Gasteiger partial charge in [-0.2, -0.15) is 12.6 Å². The molecule has 86 valence electrons. The maximum Gasteiger partial charge on any atom is 0.266 e. The number of amides is 1. The fraction of sp³-hybridized carbons (Fsp3) is 0.800. The second-order valence-corrected chi connectivity index (χ2v) is 5.44. The fourth-order valence-electron chi connectivity index (χ4n) is 1.56.